The smallest absolute Gasteiger partial charge is 0.246 e. The van der Waals surface area contributed by atoms with Crippen LogP contribution in [0.15, 0.2) is 53.3 Å². The molecule has 136 valence electrons. The van der Waals surface area contributed by atoms with Crippen molar-refractivity contribution in [3.05, 3.63) is 65.3 Å². The molecule has 0 radical (unpaired) electrons. The molecule has 2 aromatic heterocycles. The zero-order valence-electron chi connectivity index (χ0n) is 14.5. The van der Waals surface area contributed by atoms with E-state index < -0.39 is 0 Å². The molecule has 1 amide bonds. The fourth-order valence-electron chi connectivity index (χ4n) is 2.74. The highest BCUT2D eigenvalue weighted by Gasteiger charge is 2.12. The van der Waals surface area contributed by atoms with Crippen molar-refractivity contribution >= 4 is 28.5 Å². The molecule has 8 heteroatoms. The van der Waals surface area contributed by atoms with Gasteiger partial charge >= 0.3 is 0 Å². The van der Waals surface area contributed by atoms with Crippen LogP contribution in [0, 0.1) is 0 Å². The number of nitrogens with zero attached hydrogens (tertiary/aromatic N) is 4. The van der Waals surface area contributed by atoms with Crippen LogP contribution in [0.3, 0.4) is 0 Å². The van der Waals surface area contributed by atoms with Gasteiger partial charge in [-0.05, 0) is 35.9 Å². The average Bonchev–Trinajstić information content (AvgIpc) is 3.29. The number of hydrogen-bond acceptors (Lipinski definition) is 5. The van der Waals surface area contributed by atoms with E-state index in [-0.39, 0.29) is 18.9 Å². The Kier molecular flexibility index (Phi) is 4.60. The Labute approximate surface area is 160 Å². The molecule has 1 N–H and O–H groups in total. The van der Waals surface area contributed by atoms with Crippen LogP contribution < -0.4 is 5.32 Å². The number of carbonyl (C=O) groups is 1. The molecule has 0 aliphatic heterocycles. The number of rotatable bonds is 5. The van der Waals surface area contributed by atoms with Gasteiger partial charge in [0.2, 0.25) is 17.6 Å². The minimum Gasteiger partial charge on any atom is -0.347 e. The van der Waals surface area contributed by atoms with Crippen molar-refractivity contribution in [2.24, 2.45) is 7.05 Å². The molecule has 0 aliphatic rings. The third-order valence-electron chi connectivity index (χ3n) is 4.17. The Balaban J connectivity index is 1.40. The van der Waals surface area contributed by atoms with Gasteiger partial charge in [-0.2, -0.15) is 4.98 Å². The second kappa shape index (κ2) is 7.20. The zero-order chi connectivity index (χ0) is 18.8. The van der Waals surface area contributed by atoms with E-state index in [4.69, 9.17) is 16.1 Å². The molecule has 0 aliphatic carbocycles. The summed E-state index contributed by atoms with van der Waals surface area (Å²) in [7, 11) is 1.94. The van der Waals surface area contributed by atoms with Gasteiger partial charge in [0.05, 0.1) is 30.3 Å². The van der Waals surface area contributed by atoms with E-state index in [0.717, 1.165) is 22.2 Å². The van der Waals surface area contributed by atoms with Crippen molar-refractivity contribution in [2.75, 3.05) is 0 Å². The molecule has 27 heavy (non-hydrogen) atoms. The maximum atomic E-state index is 12.1. The first kappa shape index (κ1) is 17.2. The largest absolute Gasteiger partial charge is 0.347 e. The van der Waals surface area contributed by atoms with Gasteiger partial charge in [-0.25, -0.2) is 4.98 Å². The number of amides is 1. The molecule has 2 heterocycles. The quantitative estimate of drug-likeness (QED) is 0.574. The molecule has 4 rings (SSSR count). The molecule has 0 spiro atoms. The third-order valence-corrected chi connectivity index (χ3v) is 4.42. The summed E-state index contributed by atoms with van der Waals surface area (Å²) < 4.78 is 7.18. The average molecular weight is 382 g/mol. The van der Waals surface area contributed by atoms with Crippen molar-refractivity contribution in [3.63, 3.8) is 0 Å². The summed E-state index contributed by atoms with van der Waals surface area (Å²) in [5, 5.41) is 7.40. The van der Waals surface area contributed by atoms with Gasteiger partial charge in [-0.1, -0.05) is 28.9 Å². The summed E-state index contributed by atoms with van der Waals surface area (Å²) in [4.78, 5) is 20.7. The lowest BCUT2D eigenvalue weighted by molar-refractivity contribution is -0.120. The van der Waals surface area contributed by atoms with Gasteiger partial charge in [-0.15, -0.1) is 0 Å². The number of hydrogen-bond donors (Lipinski definition) is 1. The van der Waals surface area contributed by atoms with Crippen LogP contribution in [0.5, 0.6) is 0 Å². The monoisotopic (exact) mass is 381 g/mol. The second-order valence-corrected chi connectivity index (χ2v) is 6.59. The third kappa shape index (κ3) is 3.83. The van der Waals surface area contributed by atoms with Crippen LogP contribution in [-0.2, 0) is 24.8 Å². The first-order valence-electron chi connectivity index (χ1n) is 8.34. The SMILES string of the molecule is Cn1cnc2cc(-c3noc(CNC(=O)Cc4ccc(Cl)cc4)n3)ccc21. The maximum Gasteiger partial charge on any atom is 0.246 e. The highest BCUT2D eigenvalue weighted by atomic mass is 35.5. The van der Waals surface area contributed by atoms with Crippen molar-refractivity contribution in [1.29, 1.82) is 0 Å². The number of benzene rings is 2. The predicted molar refractivity (Wildman–Crippen MR) is 101 cm³/mol. The number of nitrogens with one attached hydrogen (secondary N) is 1. The Morgan fingerprint density at radius 3 is 2.85 bits per heavy atom. The van der Waals surface area contributed by atoms with Gasteiger partial charge in [-0.3, -0.25) is 4.79 Å². The van der Waals surface area contributed by atoms with Gasteiger partial charge in [0.1, 0.15) is 0 Å². The van der Waals surface area contributed by atoms with Crippen molar-refractivity contribution < 1.29 is 9.32 Å². The van der Waals surface area contributed by atoms with Crippen LogP contribution in [-0.4, -0.2) is 25.6 Å². The molecular weight excluding hydrogens is 366 g/mol. The highest BCUT2D eigenvalue weighted by Crippen LogP contribution is 2.21. The van der Waals surface area contributed by atoms with Crippen molar-refractivity contribution in [2.45, 2.75) is 13.0 Å². The first-order valence-corrected chi connectivity index (χ1v) is 8.71. The zero-order valence-corrected chi connectivity index (χ0v) is 15.3. The van der Waals surface area contributed by atoms with Gasteiger partial charge in [0.15, 0.2) is 0 Å². The molecule has 4 aromatic rings. The summed E-state index contributed by atoms with van der Waals surface area (Å²) >= 11 is 5.84. The molecule has 0 saturated carbocycles. The van der Waals surface area contributed by atoms with E-state index in [2.05, 4.69) is 20.4 Å². The van der Waals surface area contributed by atoms with Gasteiger partial charge in [0, 0.05) is 17.6 Å². The van der Waals surface area contributed by atoms with Crippen LogP contribution in [0.4, 0.5) is 0 Å². The Bertz CT molecular complexity index is 1100. The van der Waals surface area contributed by atoms with E-state index in [1.807, 2.05) is 41.9 Å². The lowest BCUT2D eigenvalue weighted by Crippen LogP contribution is -2.24. The number of imidazole rings is 1. The second-order valence-electron chi connectivity index (χ2n) is 6.15. The van der Waals surface area contributed by atoms with E-state index in [0.29, 0.717) is 16.7 Å². The Morgan fingerprint density at radius 2 is 2.04 bits per heavy atom. The molecule has 7 nitrogen and oxygen atoms in total. The number of aryl methyl sites for hydroxylation is 1. The van der Waals surface area contributed by atoms with E-state index in [1.54, 1.807) is 18.5 Å². The Morgan fingerprint density at radius 1 is 1.22 bits per heavy atom. The van der Waals surface area contributed by atoms with Crippen molar-refractivity contribution in [3.8, 4) is 11.4 Å². The molecule has 2 aromatic carbocycles. The first-order chi connectivity index (χ1) is 13.1. The number of halogens is 1. The van der Waals surface area contributed by atoms with Crippen LogP contribution in [0.1, 0.15) is 11.5 Å². The summed E-state index contributed by atoms with van der Waals surface area (Å²) in [5.74, 6) is 0.673. The topological polar surface area (TPSA) is 85.8 Å². The molecule has 0 unspecified atom stereocenters. The fraction of sp³-hybridized carbons (Fsp3) is 0.158. The Hall–Kier alpha value is -3.19. The normalized spacial score (nSPS) is 11.0. The fourth-order valence-corrected chi connectivity index (χ4v) is 2.87. The highest BCUT2D eigenvalue weighted by molar-refractivity contribution is 6.30. The number of carbonyl (C=O) groups excluding carboxylic acids is 1. The van der Waals surface area contributed by atoms with Gasteiger partial charge in [0.25, 0.3) is 0 Å². The molecule has 0 bridgehead atoms. The summed E-state index contributed by atoms with van der Waals surface area (Å²) in [5.41, 5.74) is 3.57. The molecule has 0 atom stereocenters. The van der Waals surface area contributed by atoms with E-state index in [9.17, 15) is 4.79 Å². The number of fused-ring (bicyclic) bond motifs is 1. The molecular formula is C19H16ClN5O2. The lowest BCUT2D eigenvalue weighted by Gasteiger charge is -2.02. The standard InChI is InChI=1S/C19H16ClN5O2/c1-25-11-22-15-9-13(4-7-16(15)25)19-23-18(27-24-19)10-21-17(26)8-12-2-5-14(20)6-3-12/h2-7,9,11H,8,10H2,1H3,(H,21,26). The molecule has 0 saturated heterocycles. The van der Waals surface area contributed by atoms with Gasteiger partial charge < -0.3 is 14.4 Å². The van der Waals surface area contributed by atoms with Crippen LogP contribution >= 0.6 is 11.6 Å². The van der Waals surface area contributed by atoms with Crippen LogP contribution in [0.2, 0.25) is 5.02 Å². The predicted octanol–water partition coefficient (Wildman–Crippen LogP) is 3.14. The molecule has 0 fully saturated rings. The minimum atomic E-state index is -0.132. The summed E-state index contributed by atoms with van der Waals surface area (Å²) in [6.07, 6.45) is 2.01. The van der Waals surface area contributed by atoms with E-state index >= 15 is 0 Å². The maximum absolute atomic E-state index is 12.1. The lowest BCUT2D eigenvalue weighted by atomic mass is 10.1. The summed E-state index contributed by atoms with van der Waals surface area (Å²) in [6, 6.07) is 12.9. The van der Waals surface area contributed by atoms with Crippen LogP contribution in [0.25, 0.3) is 22.4 Å². The van der Waals surface area contributed by atoms with Crippen molar-refractivity contribution in [1.82, 2.24) is 25.0 Å². The van der Waals surface area contributed by atoms with E-state index in [1.165, 1.54) is 0 Å². The summed E-state index contributed by atoms with van der Waals surface area (Å²) in [6.45, 7) is 0.172. The minimum absolute atomic E-state index is 0.132. The number of aromatic nitrogens is 4.